The molecule has 0 aromatic carbocycles. The lowest BCUT2D eigenvalue weighted by molar-refractivity contribution is 0.505. The largest absolute Gasteiger partial charge is 0.312 e. The summed E-state index contributed by atoms with van der Waals surface area (Å²) in [5.41, 5.74) is 0. The van der Waals surface area contributed by atoms with Gasteiger partial charge in [0.05, 0.1) is 8.41 Å². The highest BCUT2D eigenvalue weighted by atomic mass is 35.5. The van der Waals surface area contributed by atoms with Crippen molar-refractivity contribution in [2.45, 2.75) is 13.3 Å². The Hall–Kier alpha value is 0.665. The minimum absolute atomic E-state index is 0. The molecule has 4 heteroatoms. The number of rotatable bonds is 1. The van der Waals surface area contributed by atoms with Crippen molar-refractivity contribution in [3.63, 3.8) is 0 Å². The van der Waals surface area contributed by atoms with E-state index in [1.54, 1.807) is 11.8 Å². The van der Waals surface area contributed by atoms with Gasteiger partial charge in [-0.25, -0.2) is 0 Å². The van der Waals surface area contributed by atoms with E-state index >= 15 is 0 Å². The van der Waals surface area contributed by atoms with Crippen molar-refractivity contribution < 1.29 is 0 Å². The summed E-state index contributed by atoms with van der Waals surface area (Å²) in [7, 11) is 6.00. The molecule has 0 aliphatic heterocycles. The fourth-order valence-electron chi connectivity index (χ4n) is 0. The van der Waals surface area contributed by atoms with E-state index in [2.05, 4.69) is 0 Å². The van der Waals surface area contributed by atoms with Crippen LogP contribution in [0.2, 0.25) is 0 Å². The third kappa shape index (κ3) is 359. The van der Waals surface area contributed by atoms with Crippen LogP contribution in [0.1, 0.15) is 13.3 Å². The summed E-state index contributed by atoms with van der Waals surface area (Å²) in [5, 5.41) is 0. The molecule has 0 aromatic heterocycles. The number of halogens is 1. The third-order valence-corrected chi connectivity index (χ3v) is 0.567. The van der Waals surface area contributed by atoms with E-state index in [9.17, 15) is 0 Å². The Morgan fingerprint density at radius 2 is 1.25 bits per heavy atom. The summed E-state index contributed by atoms with van der Waals surface area (Å²) in [5.74, 6) is 0.792. The quantitative estimate of drug-likeness (QED) is 0.481. The molecule has 78 valence electrons. The van der Waals surface area contributed by atoms with Crippen molar-refractivity contribution in [1.29, 1.82) is 0 Å². The fourth-order valence-corrected chi connectivity index (χ4v) is 0. The molecule has 0 unspecified atom stereocenters. The SMILES string of the molecule is B.CCCCl.CN(C)C.CSC. The van der Waals surface area contributed by atoms with Gasteiger partial charge in [0.1, 0.15) is 0 Å². The lowest BCUT2D eigenvalue weighted by atomic mass is 10.6. The van der Waals surface area contributed by atoms with Gasteiger partial charge in [-0.2, -0.15) is 11.8 Å². The van der Waals surface area contributed by atoms with Crippen LogP contribution in [0.25, 0.3) is 0 Å². The Kier molecular flexibility index (Phi) is 57.1. The summed E-state index contributed by atoms with van der Waals surface area (Å²) < 4.78 is 0. The molecule has 0 spiro atoms. The summed E-state index contributed by atoms with van der Waals surface area (Å²) in [6.07, 6.45) is 5.17. The first kappa shape index (κ1) is 23.0. The first-order valence-electron chi connectivity index (χ1n) is 3.63. The average molecular weight is 214 g/mol. The Balaban J connectivity index is -0.0000000389. The van der Waals surface area contributed by atoms with Gasteiger partial charge in [-0.15, -0.1) is 11.6 Å². The van der Waals surface area contributed by atoms with Gasteiger partial charge < -0.3 is 4.90 Å². The number of thioether (sulfide) groups is 1. The molecule has 0 atom stereocenters. The Bertz CT molecular complexity index is 43.3. The molecule has 0 saturated heterocycles. The molecule has 1 nitrogen and oxygen atoms in total. The van der Waals surface area contributed by atoms with Gasteiger partial charge in [0.15, 0.2) is 0 Å². The second-order valence-corrected chi connectivity index (χ2v) is 3.63. The molecule has 0 aliphatic carbocycles. The Labute approximate surface area is 89.8 Å². The van der Waals surface area contributed by atoms with Gasteiger partial charge in [-0.1, -0.05) is 6.92 Å². The second-order valence-electron chi connectivity index (χ2n) is 2.44. The molecule has 0 saturated carbocycles. The van der Waals surface area contributed by atoms with Crippen LogP contribution in [-0.4, -0.2) is 52.8 Å². The van der Waals surface area contributed by atoms with Crippen molar-refractivity contribution in [2.75, 3.05) is 39.5 Å². The van der Waals surface area contributed by atoms with Crippen LogP contribution >= 0.6 is 23.4 Å². The molecule has 0 aromatic rings. The van der Waals surface area contributed by atoms with E-state index in [1.807, 2.05) is 45.5 Å². The zero-order chi connectivity index (χ0) is 9.70. The molecular formula is C8H25BClNS. The van der Waals surface area contributed by atoms with Crippen molar-refractivity contribution in [2.24, 2.45) is 0 Å². The molecule has 0 amide bonds. The molecule has 0 fully saturated rings. The smallest absolute Gasteiger partial charge is 0.0814 e. The highest BCUT2D eigenvalue weighted by Gasteiger charge is 1.59. The summed E-state index contributed by atoms with van der Waals surface area (Å²) >= 11 is 6.94. The zero-order valence-electron chi connectivity index (χ0n) is 8.65. The number of alkyl halides is 1. The molecule has 0 aliphatic rings. The van der Waals surface area contributed by atoms with Crippen LogP contribution < -0.4 is 0 Å². The van der Waals surface area contributed by atoms with Crippen molar-refractivity contribution in [3.05, 3.63) is 0 Å². The molecule has 0 N–H and O–H groups in total. The van der Waals surface area contributed by atoms with Gasteiger partial charge in [0.2, 0.25) is 0 Å². The molecule has 12 heavy (non-hydrogen) atoms. The maximum Gasteiger partial charge on any atom is 0.0814 e. The van der Waals surface area contributed by atoms with E-state index in [0.717, 1.165) is 12.3 Å². The summed E-state index contributed by atoms with van der Waals surface area (Å²) in [4.78, 5) is 2.00. The highest BCUT2D eigenvalue weighted by molar-refractivity contribution is 7.97. The van der Waals surface area contributed by atoms with Gasteiger partial charge in [0, 0.05) is 5.88 Å². The van der Waals surface area contributed by atoms with Crippen LogP contribution in [0, 0.1) is 0 Å². The fraction of sp³-hybridized carbons (Fsp3) is 1.00. The topological polar surface area (TPSA) is 3.24 Å². The Morgan fingerprint density at radius 1 is 1.17 bits per heavy atom. The standard InChI is InChI=1S/C3H7Cl.C3H9N.C2H6S.BH3/c1-2-3-4;1-4(2)3;1-3-2;/h2-3H2,1H3;1-3H3;1-2H3;1H3. The first-order chi connectivity index (χ1) is 5.06. The molecule has 0 heterocycles. The lowest BCUT2D eigenvalue weighted by Gasteiger charge is -1.90. The van der Waals surface area contributed by atoms with E-state index in [4.69, 9.17) is 11.6 Å². The van der Waals surface area contributed by atoms with Gasteiger partial charge >= 0.3 is 0 Å². The molecule has 0 rings (SSSR count). The molecular weight excluding hydrogens is 188 g/mol. The molecule has 0 radical (unpaired) electrons. The molecule has 0 bridgehead atoms. The van der Waals surface area contributed by atoms with E-state index < -0.39 is 0 Å². The van der Waals surface area contributed by atoms with E-state index in [0.29, 0.717) is 0 Å². The van der Waals surface area contributed by atoms with Crippen LogP contribution in [0.15, 0.2) is 0 Å². The predicted molar refractivity (Wildman–Crippen MR) is 70.0 cm³/mol. The van der Waals surface area contributed by atoms with Crippen molar-refractivity contribution in [1.82, 2.24) is 4.90 Å². The van der Waals surface area contributed by atoms with E-state index in [1.165, 1.54) is 0 Å². The van der Waals surface area contributed by atoms with Crippen LogP contribution in [-0.2, 0) is 0 Å². The van der Waals surface area contributed by atoms with Crippen LogP contribution in [0.5, 0.6) is 0 Å². The number of hydrogen-bond acceptors (Lipinski definition) is 2. The minimum atomic E-state index is 0. The maximum absolute atomic E-state index is 5.19. The number of nitrogens with zero attached hydrogens (tertiary/aromatic N) is 1. The normalized spacial score (nSPS) is 7.00. The zero-order valence-corrected chi connectivity index (χ0v) is 10.2. The number of hydrogen-bond donors (Lipinski definition) is 0. The summed E-state index contributed by atoms with van der Waals surface area (Å²) in [6.45, 7) is 2.05. The van der Waals surface area contributed by atoms with Crippen molar-refractivity contribution >= 4 is 31.8 Å². The van der Waals surface area contributed by atoms with Crippen molar-refractivity contribution in [3.8, 4) is 0 Å². The minimum Gasteiger partial charge on any atom is -0.312 e. The highest BCUT2D eigenvalue weighted by Crippen LogP contribution is 1.75. The Morgan fingerprint density at radius 3 is 1.25 bits per heavy atom. The summed E-state index contributed by atoms with van der Waals surface area (Å²) in [6, 6.07) is 0. The first-order valence-corrected chi connectivity index (χ1v) is 5.80. The van der Waals surface area contributed by atoms with E-state index in [-0.39, 0.29) is 8.41 Å². The predicted octanol–water partition coefficient (Wildman–Crippen LogP) is 1.61. The van der Waals surface area contributed by atoms with Crippen LogP contribution in [0.3, 0.4) is 0 Å². The third-order valence-electron chi connectivity index (χ3n) is 0.189. The average Bonchev–Trinajstić information content (AvgIpc) is 1.88. The van der Waals surface area contributed by atoms with Gasteiger partial charge in [-0.05, 0) is 40.1 Å². The second kappa shape index (κ2) is 29.9. The van der Waals surface area contributed by atoms with Gasteiger partial charge in [0.25, 0.3) is 0 Å². The monoisotopic (exact) mass is 213 g/mol. The van der Waals surface area contributed by atoms with Crippen LogP contribution in [0.4, 0.5) is 0 Å². The maximum atomic E-state index is 5.19. The lowest BCUT2D eigenvalue weighted by Crippen LogP contribution is -1.99. The van der Waals surface area contributed by atoms with Gasteiger partial charge in [-0.3, -0.25) is 0 Å².